The lowest BCUT2D eigenvalue weighted by Crippen LogP contribution is -2.11. The van der Waals surface area contributed by atoms with Gasteiger partial charge in [0, 0.05) is 6.92 Å². The molecule has 0 saturated heterocycles. The van der Waals surface area contributed by atoms with Gasteiger partial charge in [-0.3, -0.25) is 4.79 Å². The van der Waals surface area contributed by atoms with E-state index in [0.29, 0.717) is 12.5 Å². The fourth-order valence-electron chi connectivity index (χ4n) is 2.21. The smallest absolute Gasteiger partial charge is 0.302 e. The lowest BCUT2D eigenvalue weighted by atomic mass is 9.98. The molecule has 0 amide bonds. The quantitative estimate of drug-likeness (QED) is 0.358. The van der Waals surface area contributed by atoms with E-state index in [-0.39, 0.29) is 5.97 Å². The Balaban J connectivity index is 3.31. The van der Waals surface area contributed by atoms with Gasteiger partial charge >= 0.3 is 5.97 Å². The molecule has 0 N–H and O–H groups in total. The summed E-state index contributed by atoms with van der Waals surface area (Å²) in [4.78, 5) is 10.7. The Hall–Kier alpha value is -0.530. The normalized spacial score (nSPS) is 12.4. The molecule has 2 nitrogen and oxygen atoms in total. The number of hydrogen-bond donors (Lipinski definition) is 0. The van der Waals surface area contributed by atoms with Crippen LogP contribution in [0.1, 0.15) is 85.0 Å². The van der Waals surface area contributed by atoms with Crippen LogP contribution in [0.25, 0.3) is 0 Å². The first-order chi connectivity index (χ1) is 8.70. The summed E-state index contributed by atoms with van der Waals surface area (Å²) in [5.41, 5.74) is 0. The maximum Gasteiger partial charge on any atom is 0.302 e. The number of esters is 1. The van der Waals surface area contributed by atoms with Gasteiger partial charge < -0.3 is 4.74 Å². The molecule has 2 heteroatoms. The monoisotopic (exact) mass is 256 g/mol. The molecular formula is C16H32O2. The van der Waals surface area contributed by atoms with E-state index < -0.39 is 0 Å². The summed E-state index contributed by atoms with van der Waals surface area (Å²) >= 11 is 0. The van der Waals surface area contributed by atoms with Crippen LogP contribution in [0, 0.1) is 5.92 Å². The molecule has 0 bridgehead atoms. The fourth-order valence-corrected chi connectivity index (χ4v) is 2.21. The van der Waals surface area contributed by atoms with Gasteiger partial charge in [0.25, 0.3) is 0 Å². The molecule has 0 heterocycles. The first-order valence-corrected chi connectivity index (χ1v) is 7.84. The highest BCUT2D eigenvalue weighted by Gasteiger charge is 2.07. The number of unbranched alkanes of at least 4 members (excludes halogenated alkanes) is 7. The summed E-state index contributed by atoms with van der Waals surface area (Å²) in [5, 5.41) is 0. The van der Waals surface area contributed by atoms with Gasteiger partial charge in [-0.2, -0.15) is 0 Å². The van der Waals surface area contributed by atoms with Crippen molar-refractivity contribution in [3.63, 3.8) is 0 Å². The Kier molecular flexibility index (Phi) is 12.5. The van der Waals surface area contributed by atoms with E-state index in [9.17, 15) is 4.79 Å². The van der Waals surface area contributed by atoms with Crippen LogP contribution < -0.4 is 0 Å². The lowest BCUT2D eigenvalue weighted by Gasteiger charge is -2.14. The van der Waals surface area contributed by atoms with Crippen LogP contribution in [-0.4, -0.2) is 12.6 Å². The molecule has 0 radical (unpaired) electrons. The lowest BCUT2D eigenvalue weighted by molar-refractivity contribution is -0.142. The van der Waals surface area contributed by atoms with E-state index in [1.807, 2.05) is 0 Å². The zero-order chi connectivity index (χ0) is 13.6. The van der Waals surface area contributed by atoms with E-state index in [1.165, 1.54) is 64.7 Å². The number of ether oxygens (including phenoxy) is 1. The fraction of sp³-hybridized carbons (Fsp3) is 0.938. The Morgan fingerprint density at radius 1 is 0.944 bits per heavy atom. The third-order valence-electron chi connectivity index (χ3n) is 3.57. The largest absolute Gasteiger partial charge is 0.466 e. The van der Waals surface area contributed by atoms with Gasteiger partial charge in [0.05, 0.1) is 6.61 Å². The molecule has 0 fully saturated rings. The predicted molar refractivity (Wildman–Crippen MR) is 77.6 cm³/mol. The highest BCUT2D eigenvalue weighted by Crippen LogP contribution is 2.16. The molecule has 0 rings (SSSR count). The third-order valence-corrected chi connectivity index (χ3v) is 3.57. The second-order valence-corrected chi connectivity index (χ2v) is 5.34. The molecule has 1 unspecified atom stereocenters. The zero-order valence-corrected chi connectivity index (χ0v) is 12.7. The van der Waals surface area contributed by atoms with Crippen LogP contribution in [0.3, 0.4) is 0 Å². The highest BCUT2D eigenvalue weighted by molar-refractivity contribution is 5.65. The van der Waals surface area contributed by atoms with Crippen molar-refractivity contribution in [1.82, 2.24) is 0 Å². The molecule has 0 spiro atoms. The van der Waals surface area contributed by atoms with Crippen LogP contribution in [0.4, 0.5) is 0 Å². The van der Waals surface area contributed by atoms with E-state index in [4.69, 9.17) is 4.74 Å². The first-order valence-electron chi connectivity index (χ1n) is 7.84. The van der Waals surface area contributed by atoms with Crippen LogP contribution in [-0.2, 0) is 9.53 Å². The maximum absolute atomic E-state index is 10.7. The Labute approximate surface area is 113 Å². The number of carbonyl (C=O) groups is 1. The molecule has 0 aromatic carbocycles. The molecule has 108 valence electrons. The van der Waals surface area contributed by atoms with Gasteiger partial charge in [-0.25, -0.2) is 0 Å². The number of hydrogen-bond acceptors (Lipinski definition) is 2. The SMILES string of the molecule is CCCCCCCCCCC(CC)COC(C)=O. The van der Waals surface area contributed by atoms with Crippen molar-refractivity contribution in [3.05, 3.63) is 0 Å². The van der Waals surface area contributed by atoms with E-state index in [1.54, 1.807) is 0 Å². The van der Waals surface area contributed by atoms with Gasteiger partial charge in [-0.15, -0.1) is 0 Å². The van der Waals surface area contributed by atoms with Crippen molar-refractivity contribution >= 4 is 5.97 Å². The van der Waals surface area contributed by atoms with Crippen LogP contribution in [0.2, 0.25) is 0 Å². The standard InChI is InChI=1S/C16H32O2/c1-4-6-7-8-9-10-11-12-13-16(5-2)14-18-15(3)17/h16H,4-14H2,1-3H3. The first kappa shape index (κ1) is 17.5. The number of carbonyl (C=O) groups excluding carboxylic acids is 1. The molecule has 0 aliphatic rings. The Morgan fingerprint density at radius 2 is 1.50 bits per heavy atom. The third kappa shape index (κ3) is 11.9. The van der Waals surface area contributed by atoms with E-state index in [2.05, 4.69) is 13.8 Å². The predicted octanol–water partition coefficient (Wildman–Crippen LogP) is 5.11. The molecule has 18 heavy (non-hydrogen) atoms. The van der Waals surface area contributed by atoms with Crippen molar-refractivity contribution in [1.29, 1.82) is 0 Å². The van der Waals surface area contributed by atoms with E-state index >= 15 is 0 Å². The molecule has 0 aromatic heterocycles. The average Bonchev–Trinajstić information content (AvgIpc) is 2.36. The van der Waals surface area contributed by atoms with Gasteiger partial charge in [-0.1, -0.05) is 71.6 Å². The molecule has 0 aliphatic carbocycles. The summed E-state index contributed by atoms with van der Waals surface area (Å²) in [6.45, 7) is 6.54. The summed E-state index contributed by atoms with van der Waals surface area (Å²) in [5.74, 6) is 0.415. The van der Waals surface area contributed by atoms with Crippen molar-refractivity contribution in [2.24, 2.45) is 5.92 Å². The van der Waals surface area contributed by atoms with Crippen molar-refractivity contribution in [3.8, 4) is 0 Å². The summed E-state index contributed by atoms with van der Waals surface area (Å²) in [6.07, 6.45) is 13.2. The van der Waals surface area contributed by atoms with Gasteiger partial charge in [-0.05, 0) is 12.3 Å². The second-order valence-electron chi connectivity index (χ2n) is 5.34. The Bertz CT molecular complexity index is 190. The van der Waals surface area contributed by atoms with Gasteiger partial charge in [0.1, 0.15) is 0 Å². The van der Waals surface area contributed by atoms with Gasteiger partial charge in [0.15, 0.2) is 0 Å². The summed E-state index contributed by atoms with van der Waals surface area (Å²) in [6, 6.07) is 0. The molecular weight excluding hydrogens is 224 g/mol. The topological polar surface area (TPSA) is 26.3 Å². The van der Waals surface area contributed by atoms with Crippen molar-refractivity contribution in [2.75, 3.05) is 6.61 Å². The van der Waals surface area contributed by atoms with Crippen LogP contribution in [0.15, 0.2) is 0 Å². The molecule has 0 aromatic rings. The van der Waals surface area contributed by atoms with Crippen LogP contribution >= 0.6 is 0 Å². The summed E-state index contributed by atoms with van der Waals surface area (Å²) < 4.78 is 5.08. The Morgan fingerprint density at radius 3 is 2.00 bits per heavy atom. The summed E-state index contributed by atoms with van der Waals surface area (Å²) in [7, 11) is 0. The van der Waals surface area contributed by atoms with Crippen LogP contribution in [0.5, 0.6) is 0 Å². The molecule has 0 aliphatic heterocycles. The van der Waals surface area contributed by atoms with E-state index in [0.717, 1.165) is 6.42 Å². The highest BCUT2D eigenvalue weighted by atomic mass is 16.5. The maximum atomic E-state index is 10.7. The number of rotatable bonds is 12. The van der Waals surface area contributed by atoms with Crippen molar-refractivity contribution < 1.29 is 9.53 Å². The second kappa shape index (κ2) is 12.9. The minimum Gasteiger partial charge on any atom is -0.466 e. The minimum atomic E-state index is -0.149. The average molecular weight is 256 g/mol. The van der Waals surface area contributed by atoms with Crippen molar-refractivity contribution in [2.45, 2.75) is 85.0 Å². The minimum absolute atomic E-state index is 0.149. The van der Waals surface area contributed by atoms with Gasteiger partial charge in [0.2, 0.25) is 0 Å². The zero-order valence-electron chi connectivity index (χ0n) is 12.7. The molecule has 1 atom stereocenters. The molecule has 0 saturated carbocycles.